The number of aliphatic hydroxyl groups excluding tert-OH is 4. The number of nitrogens with two attached hydrogens (primary N) is 1. The van der Waals surface area contributed by atoms with Gasteiger partial charge in [0.15, 0.2) is 29.1 Å². The SMILES string of the molecule is C[C@H](CCCCCCCCCCCC(=O)CC(=O)SCCNC(=O)CCNC(=O)[C@H](O)C(C)(C)COP(=O)([O-])OP(=O)([O-])OC[C@H]1O[C@@H](n2cnc3c(N)ncnc32)[C@H](O)[C@@H]1OP(=O)([O-])[O-])O[C@@H]1O[C@@H](C)[C@H](O)C[C@H]1O. The number of phosphoric ester groups is 3. The number of hydrogen-bond donors (Lipinski definition) is 7. The predicted molar refractivity (Wildman–Crippen MR) is 260 cm³/mol. The fraction of sp³-hybridized carbons (Fsp3) is 0.791. The van der Waals surface area contributed by atoms with Crippen LogP contribution in [0.4, 0.5) is 5.82 Å². The van der Waals surface area contributed by atoms with E-state index in [0.717, 1.165) is 86.8 Å². The minimum absolute atomic E-state index is 0.0318. The molecule has 33 heteroatoms. The highest BCUT2D eigenvalue weighted by Gasteiger charge is 2.47. The maximum atomic E-state index is 12.7. The third-order valence-corrected chi connectivity index (χ3v) is 16.1. The highest BCUT2D eigenvalue weighted by atomic mass is 32.2. The maximum Gasteiger partial charge on any atom is 0.274 e. The standard InChI is InChI=1S/C43H74N7O22P3S/c1-26(68-42-30(53)21-29(52)27(2)69-42)14-12-10-8-6-5-7-9-11-13-15-28(51)20-33(55)76-19-18-45-32(54)16-17-46-40(58)37(57)43(3,4)23-67-75(64,65)72-74(62,63)66-22-31-36(71-73(59,60)61)35(56)41(70-31)50-25-49-34-38(44)47-24-48-39(34)50/h24-27,29-31,35-37,41-42,52-53,56-57H,5-23H2,1-4H3,(H,45,54)(H,46,58)(H,62,63)(H,64,65)(H2,44,47,48)(H2,59,60,61)/p-4/t26-,27+,29-,30-,31-,35-,36-,37+,41-,42-/m1/s1. The lowest BCUT2D eigenvalue weighted by atomic mass is 9.87. The second-order valence-corrected chi connectivity index (χ2v) is 24.4. The second kappa shape index (κ2) is 30.6. The third kappa shape index (κ3) is 22.3. The van der Waals surface area contributed by atoms with Gasteiger partial charge in [-0.05, 0) is 26.7 Å². The van der Waals surface area contributed by atoms with Gasteiger partial charge in [-0.3, -0.25) is 32.9 Å². The number of amides is 2. The zero-order chi connectivity index (χ0) is 56.4. The molecule has 0 spiro atoms. The number of phosphoric acid groups is 3. The summed E-state index contributed by atoms with van der Waals surface area (Å²) in [6, 6.07) is 0. The van der Waals surface area contributed by atoms with Crippen molar-refractivity contribution in [1.82, 2.24) is 30.2 Å². The van der Waals surface area contributed by atoms with Crippen molar-refractivity contribution < 1.29 is 105 Å². The first-order valence-electron chi connectivity index (χ1n) is 24.7. The number of aliphatic hydroxyl groups is 4. The van der Waals surface area contributed by atoms with Crippen LogP contribution in [0.2, 0.25) is 0 Å². The van der Waals surface area contributed by atoms with E-state index in [2.05, 4.69) is 43.5 Å². The van der Waals surface area contributed by atoms with Crippen molar-refractivity contribution in [2.75, 3.05) is 37.8 Å². The average Bonchev–Trinajstić information content (AvgIpc) is 3.89. The van der Waals surface area contributed by atoms with Crippen LogP contribution in [-0.2, 0) is 65.0 Å². The summed E-state index contributed by atoms with van der Waals surface area (Å²) in [5, 5.41) is 45.9. The van der Waals surface area contributed by atoms with E-state index < -0.39 is 103 Å². The van der Waals surface area contributed by atoms with Crippen molar-refractivity contribution in [3.63, 3.8) is 0 Å². The zero-order valence-electron chi connectivity index (χ0n) is 42.6. The van der Waals surface area contributed by atoms with Crippen LogP contribution in [0.5, 0.6) is 0 Å². The Labute approximate surface area is 443 Å². The molecule has 434 valence electrons. The number of nitrogens with one attached hydrogen (secondary N) is 2. The van der Waals surface area contributed by atoms with Gasteiger partial charge in [-0.25, -0.2) is 19.3 Å². The lowest BCUT2D eigenvalue weighted by Gasteiger charge is -2.36. The van der Waals surface area contributed by atoms with Gasteiger partial charge in [0.25, 0.3) is 15.6 Å². The van der Waals surface area contributed by atoms with Gasteiger partial charge in [-0.1, -0.05) is 77.0 Å². The average molecular weight is 1160 g/mol. The summed E-state index contributed by atoms with van der Waals surface area (Å²) in [5.74, 6) is -1.62. The van der Waals surface area contributed by atoms with Crippen molar-refractivity contribution in [1.29, 1.82) is 0 Å². The first-order valence-corrected chi connectivity index (χ1v) is 30.1. The molecule has 76 heavy (non-hydrogen) atoms. The Hall–Kier alpha value is -2.93. The van der Waals surface area contributed by atoms with Gasteiger partial charge in [0.2, 0.25) is 11.8 Å². The minimum atomic E-state index is -5.95. The Morgan fingerprint density at radius 1 is 0.895 bits per heavy atom. The Bertz CT molecular complexity index is 2350. The molecule has 2 aliphatic rings. The summed E-state index contributed by atoms with van der Waals surface area (Å²) < 4.78 is 72.3. The van der Waals surface area contributed by atoms with Gasteiger partial charge >= 0.3 is 0 Å². The number of fused-ring (bicyclic) bond motifs is 1. The Kier molecular flexibility index (Phi) is 26.4. The molecule has 2 aliphatic heterocycles. The normalized spacial score (nSPS) is 24.6. The fourth-order valence-electron chi connectivity index (χ4n) is 7.93. The van der Waals surface area contributed by atoms with Gasteiger partial charge in [-0.15, -0.1) is 0 Å². The molecule has 2 fully saturated rings. The smallest absolute Gasteiger partial charge is 0.274 e. The quantitative estimate of drug-likeness (QED) is 0.0263. The molecule has 0 saturated carbocycles. The Morgan fingerprint density at radius 2 is 1.54 bits per heavy atom. The van der Waals surface area contributed by atoms with Crippen molar-refractivity contribution in [2.45, 2.75) is 179 Å². The van der Waals surface area contributed by atoms with E-state index in [1.807, 2.05) is 6.92 Å². The summed E-state index contributed by atoms with van der Waals surface area (Å²) in [5.41, 5.74) is 4.03. The van der Waals surface area contributed by atoms with Gasteiger partial charge in [-0.2, -0.15) is 0 Å². The second-order valence-electron chi connectivity index (χ2n) is 19.2. The molecule has 2 aromatic rings. The molecule has 4 heterocycles. The Balaban J connectivity index is 1.02. The molecule has 0 radical (unpaired) electrons. The summed E-state index contributed by atoms with van der Waals surface area (Å²) in [6.07, 6.45) is -0.281. The van der Waals surface area contributed by atoms with E-state index in [0.29, 0.717) is 12.8 Å². The molecule has 8 N–H and O–H groups in total. The number of anilines is 1. The lowest BCUT2D eigenvalue weighted by Crippen LogP contribution is -2.48. The van der Waals surface area contributed by atoms with E-state index in [9.17, 15) is 72.9 Å². The highest BCUT2D eigenvalue weighted by Crippen LogP contribution is 2.56. The zero-order valence-corrected chi connectivity index (χ0v) is 46.1. The van der Waals surface area contributed by atoms with Crippen LogP contribution in [-0.4, -0.2) is 150 Å². The molecule has 4 rings (SSSR count). The number of thioether (sulfide) groups is 1. The minimum Gasteiger partial charge on any atom is -0.790 e. The molecule has 2 saturated heterocycles. The number of hydrogen-bond acceptors (Lipinski definition) is 27. The molecule has 0 bridgehead atoms. The highest BCUT2D eigenvalue weighted by molar-refractivity contribution is 8.13. The third-order valence-electron chi connectivity index (χ3n) is 12.2. The van der Waals surface area contributed by atoms with Crippen LogP contribution >= 0.6 is 35.2 Å². The van der Waals surface area contributed by atoms with Crippen LogP contribution in [0.1, 0.15) is 124 Å². The number of ketones is 1. The molecule has 2 unspecified atom stereocenters. The first-order chi connectivity index (χ1) is 35.6. The number of carbonyl (C=O) groups excluding carboxylic acids is 4. The number of unbranched alkanes of at least 4 members (excludes halogenated alkanes) is 8. The number of imidazole rings is 1. The molecular formula is C43H70N7O22P3S-4. The van der Waals surface area contributed by atoms with Gasteiger partial charge in [0, 0.05) is 43.5 Å². The summed E-state index contributed by atoms with van der Waals surface area (Å²) >= 11 is 0.903. The number of nitrogen functional groups attached to an aromatic ring is 1. The monoisotopic (exact) mass is 1160 g/mol. The number of nitrogens with zero attached hydrogens (tertiary/aromatic N) is 4. The molecule has 2 amide bonds. The number of ether oxygens (including phenoxy) is 3. The Morgan fingerprint density at radius 3 is 2.21 bits per heavy atom. The van der Waals surface area contributed by atoms with Crippen molar-refractivity contribution >= 4 is 74.9 Å². The topological polar surface area (TPSA) is 451 Å². The summed E-state index contributed by atoms with van der Waals surface area (Å²) in [6.45, 7) is 3.57. The molecule has 0 aromatic carbocycles. The predicted octanol–water partition coefficient (Wildman–Crippen LogP) is -0.351. The molecule has 12 atom stereocenters. The van der Waals surface area contributed by atoms with Gasteiger partial charge in [0.05, 0.1) is 52.1 Å². The number of rotatable bonds is 35. The van der Waals surface area contributed by atoms with Gasteiger partial charge < -0.3 is 88.7 Å². The number of carbonyl (C=O) groups is 4. The van der Waals surface area contributed by atoms with Crippen LogP contribution < -0.4 is 35.9 Å². The van der Waals surface area contributed by atoms with E-state index in [4.69, 9.17) is 19.9 Å². The summed E-state index contributed by atoms with van der Waals surface area (Å²) in [4.78, 5) is 109. The van der Waals surface area contributed by atoms with E-state index in [1.54, 1.807) is 6.92 Å². The summed E-state index contributed by atoms with van der Waals surface area (Å²) in [7, 11) is -17.7. The van der Waals surface area contributed by atoms with E-state index in [-0.39, 0.29) is 78.2 Å². The van der Waals surface area contributed by atoms with E-state index in [1.165, 1.54) is 13.8 Å². The van der Waals surface area contributed by atoms with Crippen LogP contribution in [0.3, 0.4) is 0 Å². The first kappa shape index (κ1) is 65.6. The van der Waals surface area contributed by atoms with Crippen molar-refractivity contribution in [3.8, 4) is 0 Å². The largest absolute Gasteiger partial charge is 0.790 e. The van der Waals surface area contributed by atoms with Crippen LogP contribution in [0, 0.1) is 5.41 Å². The molecular weight excluding hydrogens is 1090 g/mol. The molecule has 29 nitrogen and oxygen atoms in total. The van der Waals surface area contributed by atoms with Crippen LogP contribution in [0.25, 0.3) is 11.2 Å². The molecule has 2 aromatic heterocycles. The maximum absolute atomic E-state index is 12.7. The lowest BCUT2D eigenvalue weighted by molar-refractivity contribution is -0.347. The number of Topliss-reactive ketones (excluding diaryl/α,β-unsaturated/α-hetero) is 1. The van der Waals surface area contributed by atoms with Crippen molar-refractivity contribution in [2.24, 2.45) is 5.41 Å². The van der Waals surface area contributed by atoms with Crippen LogP contribution in [0.15, 0.2) is 12.7 Å². The number of aromatic nitrogens is 4. The van der Waals surface area contributed by atoms with E-state index >= 15 is 0 Å². The fourth-order valence-corrected chi connectivity index (χ4v) is 11.4. The molecule has 0 aliphatic carbocycles. The van der Waals surface area contributed by atoms with Gasteiger partial charge in [0.1, 0.15) is 48.1 Å². The van der Waals surface area contributed by atoms with Crippen molar-refractivity contribution in [3.05, 3.63) is 12.7 Å².